The van der Waals surface area contributed by atoms with Crippen molar-refractivity contribution >= 4 is 25.0 Å². The Kier molecular flexibility index (Phi) is 8.85. The second-order valence-electron chi connectivity index (χ2n) is 9.49. The van der Waals surface area contributed by atoms with Crippen LogP contribution in [-0.4, -0.2) is 48.7 Å². The number of ether oxygens (including phenoxy) is 2. The summed E-state index contributed by atoms with van der Waals surface area (Å²) >= 11 is 0. The van der Waals surface area contributed by atoms with Gasteiger partial charge in [-0.1, -0.05) is 0 Å². The Labute approximate surface area is 218 Å². The Morgan fingerprint density at radius 3 is 2.46 bits per heavy atom. The second-order valence-corrected chi connectivity index (χ2v) is 11.5. The number of methoxy groups -OCH3 is 1. The number of aryl methyl sites for hydroxylation is 1. The van der Waals surface area contributed by atoms with Crippen LogP contribution in [0.5, 0.6) is 5.75 Å². The minimum absolute atomic E-state index is 0.0124. The van der Waals surface area contributed by atoms with Crippen LogP contribution in [0, 0.1) is 12.8 Å². The summed E-state index contributed by atoms with van der Waals surface area (Å²) in [4.78, 5) is 24.7. The molecule has 37 heavy (non-hydrogen) atoms. The second kappa shape index (κ2) is 11.9. The first kappa shape index (κ1) is 27.5. The van der Waals surface area contributed by atoms with Crippen LogP contribution in [0.25, 0.3) is 0 Å². The zero-order chi connectivity index (χ0) is 26.6. The summed E-state index contributed by atoms with van der Waals surface area (Å²) in [5.41, 5.74) is 9.62. The van der Waals surface area contributed by atoms with Gasteiger partial charge in [-0.25, -0.2) is 4.98 Å². The number of carbonyl (C=O) groups is 1. The molecule has 3 heterocycles. The lowest BCUT2D eigenvalue weighted by Gasteiger charge is -2.40. The van der Waals surface area contributed by atoms with Gasteiger partial charge in [-0.2, -0.15) is 0 Å². The average Bonchev–Trinajstić information content (AvgIpc) is 2.88. The number of nitrogen functional groups attached to an aromatic ring is 1. The molecular formula is C26H37N4O6P. The summed E-state index contributed by atoms with van der Waals surface area (Å²) < 4.78 is 34.8. The van der Waals surface area contributed by atoms with Gasteiger partial charge in [-0.05, 0) is 69.6 Å². The van der Waals surface area contributed by atoms with E-state index in [1.807, 2.05) is 19.1 Å². The summed E-state index contributed by atoms with van der Waals surface area (Å²) in [6, 6.07) is 3.68. The lowest BCUT2D eigenvalue weighted by Crippen LogP contribution is -2.44. The van der Waals surface area contributed by atoms with Crippen molar-refractivity contribution in [3.05, 3.63) is 41.3 Å². The summed E-state index contributed by atoms with van der Waals surface area (Å²) in [6.07, 6.45) is 6.19. The van der Waals surface area contributed by atoms with Crippen molar-refractivity contribution in [1.29, 1.82) is 0 Å². The molecular weight excluding hydrogens is 495 g/mol. The predicted octanol–water partition coefficient (Wildman–Crippen LogP) is 4.81. The molecule has 4 rings (SSSR count). The molecule has 1 aliphatic carbocycles. The zero-order valence-electron chi connectivity index (χ0n) is 22.0. The highest BCUT2D eigenvalue weighted by atomic mass is 31.2. The van der Waals surface area contributed by atoms with Crippen molar-refractivity contribution in [2.24, 2.45) is 5.92 Å². The average molecular weight is 533 g/mol. The van der Waals surface area contributed by atoms with E-state index in [1.165, 1.54) is 0 Å². The predicted molar refractivity (Wildman–Crippen MR) is 141 cm³/mol. The molecule has 2 aliphatic rings. The van der Waals surface area contributed by atoms with Crippen LogP contribution in [0.4, 0.5) is 11.5 Å². The van der Waals surface area contributed by atoms with E-state index in [1.54, 1.807) is 38.3 Å². The van der Waals surface area contributed by atoms with Gasteiger partial charge in [0.05, 0.1) is 62.7 Å². The number of fused-ring (bicyclic) bond motifs is 1. The van der Waals surface area contributed by atoms with Gasteiger partial charge in [0.25, 0.3) is 0 Å². The maximum absolute atomic E-state index is 14.0. The lowest BCUT2D eigenvalue weighted by molar-refractivity contribution is -0.122. The van der Waals surface area contributed by atoms with E-state index >= 15 is 0 Å². The van der Waals surface area contributed by atoms with E-state index in [4.69, 9.17) is 24.3 Å². The van der Waals surface area contributed by atoms with E-state index < -0.39 is 13.5 Å². The van der Waals surface area contributed by atoms with Crippen molar-refractivity contribution < 1.29 is 27.9 Å². The largest absolute Gasteiger partial charge is 0.495 e. The van der Waals surface area contributed by atoms with Crippen molar-refractivity contribution in [1.82, 2.24) is 9.97 Å². The van der Waals surface area contributed by atoms with Gasteiger partial charge < -0.3 is 29.2 Å². The Bertz CT molecular complexity index is 1140. The number of anilines is 2. The highest BCUT2D eigenvalue weighted by Crippen LogP contribution is 2.49. The van der Waals surface area contributed by atoms with E-state index in [-0.39, 0.29) is 24.3 Å². The maximum Gasteiger partial charge on any atom is 0.356 e. The molecule has 202 valence electrons. The van der Waals surface area contributed by atoms with Gasteiger partial charge in [0.1, 0.15) is 17.9 Å². The van der Waals surface area contributed by atoms with Crippen LogP contribution in [-0.2, 0) is 29.7 Å². The van der Waals surface area contributed by atoms with Gasteiger partial charge in [0.2, 0.25) is 5.91 Å². The minimum atomic E-state index is -3.26. The van der Waals surface area contributed by atoms with E-state index in [0.29, 0.717) is 37.0 Å². The number of carbonyl (C=O) groups excluding carboxylic acids is 1. The quantitative estimate of drug-likeness (QED) is 0.429. The number of hydrogen-bond donors (Lipinski definition) is 1. The van der Waals surface area contributed by atoms with Crippen LogP contribution in [0.3, 0.4) is 0 Å². The first-order valence-electron chi connectivity index (χ1n) is 12.8. The fraction of sp³-hybridized carbons (Fsp3) is 0.577. The molecule has 0 spiro atoms. The highest BCUT2D eigenvalue weighted by molar-refractivity contribution is 7.53. The lowest BCUT2D eigenvalue weighted by atomic mass is 9.74. The third kappa shape index (κ3) is 6.14. The molecule has 1 unspecified atom stereocenters. The number of rotatable bonds is 10. The topological polar surface area (TPSA) is 126 Å². The number of aromatic nitrogens is 2. The molecule has 0 bridgehead atoms. The van der Waals surface area contributed by atoms with Crippen LogP contribution in [0.1, 0.15) is 62.3 Å². The molecule has 2 N–H and O–H groups in total. The Morgan fingerprint density at radius 1 is 1.11 bits per heavy atom. The zero-order valence-corrected chi connectivity index (χ0v) is 22.9. The molecule has 2 aromatic rings. The number of nitrogens with zero attached hydrogens (tertiary/aromatic N) is 3. The molecule has 1 aliphatic heterocycles. The number of nitrogens with two attached hydrogens (primary N) is 1. The van der Waals surface area contributed by atoms with Crippen LogP contribution < -0.4 is 15.4 Å². The van der Waals surface area contributed by atoms with Crippen molar-refractivity contribution in [2.45, 2.75) is 65.0 Å². The van der Waals surface area contributed by atoms with Crippen LogP contribution in [0.15, 0.2) is 24.5 Å². The molecule has 1 saturated carbocycles. The third-order valence-electron chi connectivity index (χ3n) is 7.10. The summed E-state index contributed by atoms with van der Waals surface area (Å²) in [5, 5.41) is 0. The molecule has 0 radical (unpaired) electrons. The molecule has 10 nitrogen and oxygen atoms in total. The van der Waals surface area contributed by atoms with Crippen molar-refractivity contribution in [3.8, 4) is 5.75 Å². The van der Waals surface area contributed by atoms with Crippen molar-refractivity contribution in [2.75, 3.05) is 37.3 Å². The highest BCUT2D eigenvalue weighted by Gasteiger charge is 2.42. The molecule has 11 heteroatoms. The van der Waals surface area contributed by atoms with E-state index in [2.05, 4.69) is 9.97 Å². The first-order valence-corrected chi connectivity index (χ1v) is 14.6. The Hall–Kier alpha value is -2.52. The fourth-order valence-electron chi connectivity index (χ4n) is 5.33. The third-order valence-corrected chi connectivity index (χ3v) is 8.87. The molecule has 1 amide bonds. The Morgan fingerprint density at radius 2 is 1.81 bits per heavy atom. The number of amides is 1. The van der Waals surface area contributed by atoms with Crippen LogP contribution >= 0.6 is 7.60 Å². The molecule has 0 aromatic carbocycles. The van der Waals surface area contributed by atoms with Gasteiger partial charge in [0.15, 0.2) is 0 Å². The normalized spacial score (nSPS) is 22.1. The van der Waals surface area contributed by atoms with Crippen LogP contribution in [0.2, 0.25) is 0 Å². The number of hydrogen-bond acceptors (Lipinski definition) is 9. The molecule has 1 atom stereocenters. The summed E-state index contributed by atoms with van der Waals surface area (Å²) in [5.74, 6) is 0.656. The van der Waals surface area contributed by atoms with E-state index in [0.717, 1.165) is 42.5 Å². The van der Waals surface area contributed by atoms with Gasteiger partial charge in [-0.15, -0.1) is 0 Å². The van der Waals surface area contributed by atoms with E-state index in [9.17, 15) is 9.36 Å². The summed E-state index contributed by atoms with van der Waals surface area (Å²) in [6.45, 7) is 6.57. The smallest absolute Gasteiger partial charge is 0.356 e. The van der Waals surface area contributed by atoms with Crippen molar-refractivity contribution in [3.63, 3.8) is 0 Å². The first-order chi connectivity index (χ1) is 17.8. The Balaban J connectivity index is 1.54. The maximum atomic E-state index is 14.0. The van der Waals surface area contributed by atoms with Gasteiger partial charge in [-0.3, -0.25) is 14.3 Å². The minimum Gasteiger partial charge on any atom is -0.495 e. The van der Waals surface area contributed by atoms with Gasteiger partial charge in [0, 0.05) is 6.07 Å². The number of pyridine rings is 2. The molecule has 1 fully saturated rings. The molecule has 2 aromatic heterocycles. The molecule has 0 saturated heterocycles. The fourth-order valence-corrected chi connectivity index (χ4v) is 6.74. The standard InChI is InChI=1S/C26H37N4O6P/c1-5-35-37(32,36-6-2)16-34-20-9-7-18(8-10-20)24-25-22(17(3)11-23(27)29-25)15-30(26(24)31)19-12-21(33-4)14-28-13-19/h11-14,18,20,24H,5-10,15-16H2,1-4H3,(H2,27,29). The SMILES string of the molecule is CCOP(=O)(COC1CCC(C2C(=O)N(c3cncc(OC)c3)Cc3c(C)cc(N)nc32)CC1)OCC. The summed E-state index contributed by atoms with van der Waals surface area (Å²) in [7, 11) is -1.69. The monoisotopic (exact) mass is 532 g/mol. The van der Waals surface area contributed by atoms with Gasteiger partial charge >= 0.3 is 7.60 Å².